The number of benzene rings is 1. The normalized spacial score (nSPS) is 11.4. The highest BCUT2D eigenvalue weighted by Crippen LogP contribution is 2.23. The number of hydrogen-bond donors (Lipinski definition) is 2. The molecule has 0 aliphatic carbocycles. The van der Waals surface area contributed by atoms with E-state index in [0.29, 0.717) is 16.3 Å². The zero-order valence-electron chi connectivity index (χ0n) is 13.8. The minimum absolute atomic E-state index is 0.0207. The summed E-state index contributed by atoms with van der Waals surface area (Å²) in [6, 6.07) is 8.57. The van der Waals surface area contributed by atoms with E-state index in [1.165, 1.54) is 20.1 Å². The third-order valence-electron chi connectivity index (χ3n) is 3.37. The molecule has 1 unspecified atom stereocenters. The van der Waals surface area contributed by atoms with E-state index in [4.69, 9.17) is 15.2 Å². The molecule has 25 heavy (non-hydrogen) atoms. The van der Waals surface area contributed by atoms with Crippen LogP contribution in [-0.2, 0) is 20.7 Å². The number of rotatable bonds is 7. The number of para-hydroxylation sites is 1. The van der Waals surface area contributed by atoms with Crippen molar-refractivity contribution in [2.45, 2.75) is 19.4 Å². The first-order chi connectivity index (χ1) is 11.9. The Hall–Kier alpha value is -2.87. The molecule has 2 aromatic rings. The van der Waals surface area contributed by atoms with Crippen LogP contribution in [0.25, 0.3) is 0 Å². The highest BCUT2D eigenvalue weighted by atomic mass is 32.1. The van der Waals surface area contributed by atoms with Gasteiger partial charge in [-0.05, 0) is 24.4 Å². The van der Waals surface area contributed by atoms with Crippen LogP contribution in [0, 0.1) is 0 Å². The summed E-state index contributed by atoms with van der Waals surface area (Å²) in [5.41, 5.74) is 6.10. The Morgan fingerprint density at radius 2 is 1.96 bits per heavy atom. The number of amides is 2. The average molecular weight is 362 g/mol. The lowest BCUT2D eigenvalue weighted by molar-refractivity contribution is -0.152. The van der Waals surface area contributed by atoms with Gasteiger partial charge in [0, 0.05) is 5.56 Å². The SMILES string of the molecule is COc1ccccc1CC(=O)OC(C)C(=O)Nc1sccc1C(N)=O. The number of ether oxygens (including phenoxy) is 2. The van der Waals surface area contributed by atoms with Gasteiger partial charge in [-0.25, -0.2) is 0 Å². The Morgan fingerprint density at radius 3 is 2.64 bits per heavy atom. The molecule has 1 heterocycles. The molecule has 2 amide bonds. The summed E-state index contributed by atoms with van der Waals surface area (Å²) < 4.78 is 10.3. The maximum Gasteiger partial charge on any atom is 0.311 e. The lowest BCUT2D eigenvalue weighted by Gasteiger charge is -2.14. The topological polar surface area (TPSA) is 108 Å². The van der Waals surface area contributed by atoms with Crippen molar-refractivity contribution in [3.63, 3.8) is 0 Å². The first kappa shape index (κ1) is 18.5. The largest absolute Gasteiger partial charge is 0.496 e. The minimum atomic E-state index is -1.02. The maximum absolute atomic E-state index is 12.1. The molecule has 0 bridgehead atoms. The molecule has 132 valence electrons. The molecule has 3 N–H and O–H groups in total. The Labute approximate surface area is 148 Å². The number of anilines is 1. The molecular weight excluding hydrogens is 344 g/mol. The predicted octanol–water partition coefficient (Wildman–Crippen LogP) is 1.97. The Balaban J connectivity index is 1.95. The average Bonchev–Trinajstić information content (AvgIpc) is 3.03. The Morgan fingerprint density at radius 1 is 1.24 bits per heavy atom. The zero-order chi connectivity index (χ0) is 18.4. The minimum Gasteiger partial charge on any atom is -0.496 e. The van der Waals surface area contributed by atoms with Crippen LogP contribution in [0.1, 0.15) is 22.8 Å². The van der Waals surface area contributed by atoms with Crippen molar-refractivity contribution < 1.29 is 23.9 Å². The van der Waals surface area contributed by atoms with Crippen LogP contribution in [0.4, 0.5) is 5.00 Å². The molecule has 2 rings (SSSR count). The van der Waals surface area contributed by atoms with Gasteiger partial charge in [0.25, 0.3) is 11.8 Å². The standard InChI is InChI=1S/C17H18N2O5S/c1-10(16(22)19-17-12(15(18)21)7-8-25-17)24-14(20)9-11-5-3-4-6-13(11)23-2/h3-8,10H,9H2,1-2H3,(H2,18,21)(H,19,22). The van der Waals surface area contributed by atoms with Gasteiger partial charge in [-0.2, -0.15) is 0 Å². The highest BCUT2D eigenvalue weighted by molar-refractivity contribution is 7.14. The van der Waals surface area contributed by atoms with Crippen LogP contribution < -0.4 is 15.8 Å². The second-order valence-electron chi connectivity index (χ2n) is 5.14. The van der Waals surface area contributed by atoms with Crippen LogP contribution in [0.15, 0.2) is 35.7 Å². The summed E-state index contributed by atoms with van der Waals surface area (Å²) in [7, 11) is 1.51. The van der Waals surface area contributed by atoms with Crippen molar-refractivity contribution in [2.24, 2.45) is 5.73 Å². The quantitative estimate of drug-likeness (QED) is 0.732. The summed E-state index contributed by atoms with van der Waals surface area (Å²) >= 11 is 1.16. The summed E-state index contributed by atoms with van der Waals surface area (Å²) in [6.07, 6.45) is -1.04. The summed E-state index contributed by atoms with van der Waals surface area (Å²) in [6.45, 7) is 1.45. The fourth-order valence-corrected chi connectivity index (χ4v) is 2.91. The summed E-state index contributed by atoms with van der Waals surface area (Å²) in [5, 5.41) is 4.50. The lowest BCUT2D eigenvalue weighted by atomic mass is 10.1. The molecule has 1 atom stereocenters. The molecule has 0 aliphatic heterocycles. The van der Waals surface area contributed by atoms with Crippen molar-refractivity contribution in [3.8, 4) is 5.75 Å². The van der Waals surface area contributed by atoms with Crippen molar-refractivity contribution in [2.75, 3.05) is 12.4 Å². The molecule has 7 nitrogen and oxygen atoms in total. The van der Waals surface area contributed by atoms with Gasteiger partial charge in [0.2, 0.25) is 0 Å². The fraction of sp³-hybridized carbons (Fsp3) is 0.235. The van der Waals surface area contributed by atoms with E-state index in [1.807, 2.05) is 0 Å². The second kappa shape index (κ2) is 8.29. The van der Waals surface area contributed by atoms with Gasteiger partial charge >= 0.3 is 5.97 Å². The second-order valence-corrected chi connectivity index (χ2v) is 6.05. The number of carbonyl (C=O) groups is 3. The van der Waals surface area contributed by atoms with E-state index in [2.05, 4.69) is 5.32 Å². The third kappa shape index (κ3) is 4.80. The van der Waals surface area contributed by atoms with Crippen LogP contribution in [0.3, 0.4) is 0 Å². The lowest BCUT2D eigenvalue weighted by Crippen LogP contribution is -2.31. The van der Waals surface area contributed by atoms with E-state index in [9.17, 15) is 14.4 Å². The summed E-state index contributed by atoms with van der Waals surface area (Å²) in [5.74, 6) is -1.18. The van der Waals surface area contributed by atoms with E-state index < -0.39 is 23.9 Å². The number of thiophene rings is 1. The monoisotopic (exact) mass is 362 g/mol. The van der Waals surface area contributed by atoms with E-state index >= 15 is 0 Å². The van der Waals surface area contributed by atoms with Crippen LogP contribution >= 0.6 is 11.3 Å². The van der Waals surface area contributed by atoms with Gasteiger partial charge in [0.1, 0.15) is 10.8 Å². The van der Waals surface area contributed by atoms with Gasteiger partial charge in [-0.1, -0.05) is 18.2 Å². The molecule has 8 heteroatoms. The molecule has 0 saturated carbocycles. The van der Waals surface area contributed by atoms with Crippen LogP contribution in [-0.4, -0.2) is 31.0 Å². The van der Waals surface area contributed by atoms with Gasteiger partial charge in [-0.3, -0.25) is 14.4 Å². The van der Waals surface area contributed by atoms with Gasteiger partial charge in [0.05, 0.1) is 19.1 Å². The summed E-state index contributed by atoms with van der Waals surface area (Å²) in [4.78, 5) is 35.4. The number of methoxy groups -OCH3 is 1. The third-order valence-corrected chi connectivity index (χ3v) is 4.20. The number of hydrogen-bond acceptors (Lipinski definition) is 6. The number of esters is 1. The Kier molecular flexibility index (Phi) is 6.13. The van der Waals surface area contributed by atoms with Crippen molar-refractivity contribution in [3.05, 3.63) is 46.8 Å². The highest BCUT2D eigenvalue weighted by Gasteiger charge is 2.21. The fourth-order valence-electron chi connectivity index (χ4n) is 2.11. The van der Waals surface area contributed by atoms with Gasteiger partial charge in [0.15, 0.2) is 6.10 Å². The van der Waals surface area contributed by atoms with Gasteiger partial charge in [-0.15, -0.1) is 11.3 Å². The molecule has 0 spiro atoms. The maximum atomic E-state index is 12.1. The van der Waals surface area contributed by atoms with E-state index in [1.54, 1.807) is 29.6 Å². The van der Waals surface area contributed by atoms with E-state index in [0.717, 1.165) is 11.3 Å². The Bertz CT molecular complexity index is 787. The first-order valence-electron chi connectivity index (χ1n) is 7.42. The molecule has 0 radical (unpaired) electrons. The number of nitrogens with one attached hydrogen (secondary N) is 1. The number of carbonyl (C=O) groups excluding carboxylic acids is 3. The van der Waals surface area contributed by atoms with Crippen LogP contribution in [0.2, 0.25) is 0 Å². The zero-order valence-corrected chi connectivity index (χ0v) is 14.6. The predicted molar refractivity (Wildman–Crippen MR) is 93.7 cm³/mol. The first-order valence-corrected chi connectivity index (χ1v) is 8.30. The number of primary amides is 1. The molecule has 0 aliphatic rings. The van der Waals surface area contributed by atoms with Crippen molar-refractivity contribution in [1.29, 1.82) is 0 Å². The molecule has 1 aromatic carbocycles. The van der Waals surface area contributed by atoms with Crippen molar-refractivity contribution >= 4 is 34.1 Å². The van der Waals surface area contributed by atoms with E-state index in [-0.39, 0.29) is 12.0 Å². The molecular formula is C17H18N2O5S. The van der Waals surface area contributed by atoms with Gasteiger partial charge < -0.3 is 20.5 Å². The number of nitrogens with two attached hydrogens (primary N) is 1. The molecule has 1 aromatic heterocycles. The smallest absolute Gasteiger partial charge is 0.311 e. The molecule has 0 saturated heterocycles. The van der Waals surface area contributed by atoms with Crippen LogP contribution in [0.5, 0.6) is 5.75 Å². The molecule has 0 fully saturated rings. The van der Waals surface area contributed by atoms with Crippen molar-refractivity contribution in [1.82, 2.24) is 0 Å².